The molecule has 0 fully saturated rings. The number of nitro groups is 1. The molecule has 0 saturated heterocycles. The lowest BCUT2D eigenvalue weighted by atomic mass is 10.1. The molecule has 1 atom stereocenters. The van der Waals surface area contributed by atoms with E-state index < -0.39 is 0 Å². The maximum absolute atomic E-state index is 11.2. The van der Waals surface area contributed by atoms with Crippen LogP contribution in [0.2, 0.25) is 0 Å². The van der Waals surface area contributed by atoms with Gasteiger partial charge in [-0.2, -0.15) is 0 Å². The number of benzene rings is 3. The largest absolute Gasteiger partial charge is 0.493 e. The van der Waals surface area contributed by atoms with Crippen LogP contribution in [0.4, 0.5) is 11.4 Å². The van der Waals surface area contributed by atoms with Crippen molar-refractivity contribution < 1.29 is 14.4 Å². The highest BCUT2D eigenvalue weighted by Crippen LogP contribution is 2.29. The normalized spacial score (nSPS) is 12.7. The molecule has 3 aromatic rings. The van der Waals surface area contributed by atoms with Crippen molar-refractivity contribution in [3.05, 3.63) is 94.0 Å². The van der Waals surface area contributed by atoms with Crippen LogP contribution in [0, 0.1) is 10.1 Å². The number of hydrogen-bond donors (Lipinski definition) is 1. The van der Waals surface area contributed by atoms with Gasteiger partial charge < -0.3 is 14.8 Å². The Morgan fingerprint density at radius 1 is 0.912 bits per heavy atom. The summed E-state index contributed by atoms with van der Waals surface area (Å²) in [5.74, 6) is 1.48. The Balaban J connectivity index is 1.62. The zero-order chi connectivity index (χ0) is 24.4. The predicted octanol–water partition coefficient (Wildman–Crippen LogP) is 4.97. The monoisotopic (exact) mass is 464 g/mol. The zero-order valence-corrected chi connectivity index (χ0v) is 20.2. The Morgan fingerprint density at radius 3 is 2.32 bits per heavy atom. The third kappa shape index (κ3) is 6.56. The van der Waals surface area contributed by atoms with E-state index in [9.17, 15) is 10.1 Å². The van der Waals surface area contributed by atoms with Gasteiger partial charge in [-0.3, -0.25) is 14.6 Å². The van der Waals surface area contributed by atoms with Crippen molar-refractivity contribution in [3.63, 3.8) is 0 Å². The molecule has 1 N–H and O–H groups in total. The van der Waals surface area contributed by atoms with Crippen molar-refractivity contribution in [2.24, 2.45) is 0 Å². The number of nitro benzene ring substituents is 1. The topological polar surface area (TPSA) is 73.6 Å². The second kappa shape index (κ2) is 12.2. The number of ether oxygens (including phenoxy) is 2. The van der Waals surface area contributed by atoms with E-state index in [1.54, 1.807) is 32.4 Å². The minimum atomic E-state index is -0.325. The number of quaternary nitrogens is 1. The van der Waals surface area contributed by atoms with Crippen molar-refractivity contribution >= 4 is 11.4 Å². The number of hydrogen-bond acceptors (Lipinski definition) is 5. The lowest BCUT2D eigenvalue weighted by Crippen LogP contribution is -2.48. The summed E-state index contributed by atoms with van der Waals surface area (Å²) in [6.07, 6.45) is 1.84. The third-order valence-corrected chi connectivity index (χ3v) is 6.23. The molecule has 0 aromatic heterocycles. The van der Waals surface area contributed by atoms with Gasteiger partial charge in [-0.1, -0.05) is 42.5 Å². The standard InChI is InChI=1S/C27H34N3O4/c1-30(24-11-5-4-6-12-24,19-16-22-14-15-26(33-2)27(20-22)34-3)18-9-17-28-21-23-10-7-8-13-25(23)29(31)32/h4-8,10-15,20,28H,9,16-19,21H2,1-3H3/q+1. The van der Waals surface area contributed by atoms with Crippen molar-refractivity contribution in [2.45, 2.75) is 19.4 Å². The van der Waals surface area contributed by atoms with E-state index in [2.05, 4.69) is 42.7 Å². The van der Waals surface area contributed by atoms with E-state index in [0.717, 1.165) is 48.5 Å². The summed E-state index contributed by atoms with van der Waals surface area (Å²) in [7, 11) is 5.56. The van der Waals surface area contributed by atoms with Crippen molar-refractivity contribution in [1.29, 1.82) is 0 Å². The summed E-state index contributed by atoms with van der Waals surface area (Å²) in [6.45, 7) is 3.14. The summed E-state index contributed by atoms with van der Waals surface area (Å²) in [4.78, 5) is 10.9. The number of nitrogens with one attached hydrogen (secondary N) is 1. The maximum atomic E-state index is 11.2. The van der Waals surface area contributed by atoms with Gasteiger partial charge in [0.25, 0.3) is 5.69 Å². The van der Waals surface area contributed by atoms with Gasteiger partial charge in [0.1, 0.15) is 5.69 Å². The second-order valence-electron chi connectivity index (χ2n) is 8.53. The fraction of sp³-hybridized carbons (Fsp3) is 0.333. The van der Waals surface area contributed by atoms with Crippen LogP contribution < -0.4 is 19.3 Å². The van der Waals surface area contributed by atoms with Gasteiger partial charge in [-0.05, 0) is 29.8 Å². The fourth-order valence-corrected chi connectivity index (χ4v) is 4.18. The molecule has 7 heteroatoms. The number of rotatable bonds is 13. The molecular formula is C27H34N3O4+. The molecule has 0 spiro atoms. The quantitative estimate of drug-likeness (QED) is 0.167. The van der Waals surface area contributed by atoms with Crippen LogP contribution in [0.25, 0.3) is 0 Å². The van der Waals surface area contributed by atoms with E-state index in [1.165, 1.54) is 11.3 Å². The summed E-state index contributed by atoms with van der Waals surface area (Å²) in [5.41, 5.74) is 3.34. The number of methoxy groups -OCH3 is 2. The average Bonchev–Trinajstić information content (AvgIpc) is 2.87. The molecule has 7 nitrogen and oxygen atoms in total. The molecular weight excluding hydrogens is 430 g/mol. The molecule has 0 heterocycles. The van der Waals surface area contributed by atoms with Crippen LogP contribution in [0.1, 0.15) is 17.5 Å². The minimum absolute atomic E-state index is 0.162. The molecule has 34 heavy (non-hydrogen) atoms. The van der Waals surface area contributed by atoms with Crippen LogP contribution in [0.15, 0.2) is 72.8 Å². The van der Waals surface area contributed by atoms with Crippen molar-refractivity contribution in [1.82, 2.24) is 9.80 Å². The Labute approximate surface area is 201 Å². The molecule has 0 aliphatic heterocycles. The summed E-state index contributed by atoms with van der Waals surface area (Å²) in [6, 6.07) is 23.5. The molecule has 0 aliphatic carbocycles. The highest BCUT2D eigenvalue weighted by atomic mass is 16.6. The predicted molar refractivity (Wildman–Crippen MR) is 137 cm³/mol. The van der Waals surface area contributed by atoms with Gasteiger partial charge in [0, 0.05) is 37.6 Å². The first-order valence-electron chi connectivity index (χ1n) is 11.5. The van der Waals surface area contributed by atoms with E-state index in [4.69, 9.17) is 9.47 Å². The van der Waals surface area contributed by atoms with Crippen LogP contribution in [-0.4, -0.2) is 45.8 Å². The highest BCUT2D eigenvalue weighted by Gasteiger charge is 2.24. The minimum Gasteiger partial charge on any atom is -0.493 e. The lowest BCUT2D eigenvalue weighted by molar-refractivity contribution is -0.385. The van der Waals surface area contributed by atoms with Gasteiger partial charge in [0.2, 0.25) is 0 Å². The van der Waals surface area contributed by atoms with Crippen molar-refractivity contribution in [2.75, 3.05) is 40.9 Å². The fourth-order valence-electron chi connectivity index (χ4n) is 4.18. The van der Waals surface area contributed by atoms with E-state index >= 15 is 0 Å². The van der Waals surface area contributed by atoms with Gasteiger partial charge in [-0.25, -0.2) is 0 Å². The smallest absolute Gasteiger partial charge is 0.273 e. The lowest BCUT2D eigenvalue weighted by Gasteiger charge is -2.34. The molecule has 0 bridgehead atoms. The maximum Gasteiger partial charge on any atom is 0.273 e. The molecule has 0 radical (unpaired) electrons. The molecule has 0 amide bonds. The van der Waals surface area contributed by atoms with E-state index in [1.807, 2.05) is 24.3 Å². The first-order valence-corrected chi connectivity index (χ1v) is 11.5. The first kappa shape index (κ1) is 25.2. The van der Waals surface area contributed by atoms with Crippen LogP contribution >= 0.6 is 0 Å². The van der Waals surface area contributed by atoms with Crippen LogP contribution in [0.3, 0.4) is 0 Å². The highest BCUT2D eigenvalue weighted by molar-refractivity contribution is 5.45. The van der Waals surface area contributed by atoms with Gasteiger partial charge in [0.05, 0.1) is 39.3 Å². The summed E-state index contributed by atoms with van der Waals surface area (Å²) >= 11 is 0. The Morgan fingerprint density at radius 2 is 1.62 bits per heavy atom. The SMILES string of the molecule is COc1ccc(CC[N+](C)(CCCNCc2ccccc2[N+](=O)[O-])c2ccccc2)cc1OC. The molecule has 0 aliphatic rings. The first-order chi connectivity index (χ1) is 16.5. The molecule has 1 unspecified atom stereocenters. The molecule has 180 valence electrons. The van der Waals surface area contributed by atoms with Gasteiger partial charge >= 0.3 is 0 Å². The average molecular weight is 465 g/mol. The van der Waals surface area contributed by atoms with Gasteiger partial charge in [0.15, 0.2) is 11.5 Å². The second-order valence-corrected chi connectivity index (χ2v) is 8.53. The van der Waals surface area contributed by atoms with E-state index in [0.29, 0.717) is 12.1 Å². The Bertz CT molecular complexity index is 1070. The molecule has 3 rings (SSSR count). The third-order valence-electron chi connectivity index (χ3n) is 6.23. The van der Waals surface area contributed by atoms with Gasteiger partial charge in [-0.15, -0.1) is 0 Å². The summed E-state index contributed by atoms with van der Waals surface area (Å²) in [5, 5.41) is 14.6. The Kier molecular flexibility index (Phi) is 9.01. The summed E-state index contributed by atoms with van der Waals surface area (Å²) < 4.78 is 11.6. The molecule has 0 saturated carbocycles. The Hall–Kier alpha value is -3.42. The number of nitrogens with zero attached hydrogens (tertiary/aromatic N) is 2. The van der Waals surface area contributed by atoms with Crippen LogP contribution in [0.5, 0.6) is 11.5 Å². The van der Waals surface area contributed by atoms with Crippen LogP contribution in [-0.2, 0) is 13.0 Å². The van der Waals surface area contributed by atoms with Crippen molar-refractivity contribution in [3.8, 4) is 11.5 Å². The molecule has 3 aromatic carbocycles. The number of para-hydroxylation sites is 2. The van der Waals surface area contributed by atoms with E-state index in [-0.39, 0.29) is 10.6 Å². The zero-order valence-electron chi connectivity index (χ0n) is 20.2. The number of likely N-dealkylation sites (N-methyl/N-ethyl adjacent to an activating group) is 1.